The van der Waals surface area contributed by atoms with Crippen molar-refractivity contribution < 1.29 is 4.11 Å². The zero-order valence-electron chi connectivity index (χ0n) is 53.3. The summed E-state index contributed by atoms with van der Waals surface area (Å²) in [5.41, 5.74) is 24.6. The van der Waals surface area contributed by atoms with Crippen LogP contribution in [0.2, 0.25) is 0 Å². The van der Waals surface area contributed by atoms with E-state index in [1.165, 1.54) is 61.0 Å². The van der Waals surface area contributed by atoms with Crippen LogP contribution in [0.3, 0.4) is 0 Å². The Kier molecular flexibility index (Phi) is 11.2. The quantitative estimate of drug-likeness (QED) is 0.153. The Hall–Kier alpha value is -6.58. The second kappa shape index (κ2) is 18.0. The molecule has 8 aromatic rings. The van der Waals surface area contributed by atoms with Gasteiger partial charge in [-0.15, -0.1) is 0 Å². The van der Waals surface area contributed by atoms with E-state index in [2.05, 4.69) is 266 Å². The maximum absolute atomic E-state index is 9.40. The second-order valence-electron chi connectivity index (χ2n) is 29.4. The van der Waals surface area contributed by atoms with Crippen LogP contribution in [0.1, 0.15) is 191 Å². The first-order valence-corrected chi connectivity index (χ1v) is 29.4. The molecule has 402 valence electrons. The third-order valence-electron chi connectivity index (χ3n) is 19.7. The van der Waals surface area contributed by atoms with Gasteiger partial charge < -0.3 is 9.80 Å². The fourth-order valence-corrected chi connectivity index (χ4v) is 14.2. The first kappa shape index (κ1) is 49.5. The molecule has 0 radical (unpaired) electrons. The van der Waals surface area contributed by atoms with Gasteiger partial charge in [-0.2, -0.15) is 0 Å². The van der Waals surface area contributed by atoms with E-state index in [0.717, 1.165) is 82.0 Å². The van der Waals surface area contributed by atoms with Gasteiger partial charge in [-0.25, -0.2) is 0 Å². The zero-order valence-corrected chi connectivity index (χ0v) is 50.3. The van der Waals surface area contributed by atoms with E-state index in [-0.39, 0.29) is 44.6 Å². The van der Waals surface area contributed by atoms with Gasteiger partial charge in [-0.3, -0.25) is 0 Å². The molecule has 12 rings (SSSR count). The highest BCUT2D eigenvalue weighted by molar-refractivity contribution is 7.00. The summed E-state index contributed by atoms with van der Waals surface area (Å²) >= 11 is 0. The van der Waals surface area contributed by atoms with E-state index in [9.17, 15) is 4.11 Å². The Bertz CT molecular complexity index is 3860. The van der Waals surface area contributed by atoms with Gasteiger partial charge in [0.25, 0.3) is 6.71 Å². The van der Waals surface area contributed by atoms with Crippen LogP contribution in [0.15, 0.2) is 158 Å². The lowest BCUT2D eigenvalue weighted by Gasteiger charge is -2.48. The summed E-state index contributed by atoms with van der Waals surface area (Å²) in [5.74, 6) is 0. The van der Waals surface area contributed by atoms with Crippen LogP contribution in [0.25, 0.3) is 22.3 Å². The van der Waals surface area contributed by atoms with Crippen molar-refractivity contribution in [1.29, 1.82) is 0 Å². The van der Waals surface area contributed by atoms with Crippen molar-refractivity contribution in [3.05, 3.63) is 208 Å². The van der Waals surface area contributed by atoms with Gasteiger partial charge in [0.2, 0.25) is 0 Å². The van der Waals surface area contributed by atoms with Gasteiger partial charge in [0.15, 0.2) is 0 Å². The van der Waals surface area contributed by atoms with Gasteiger partial charge in [0.05, 0.1) is 5.69 Å². The topological polar surface area (TPSA) is 6.48 Å². The zero-order chi connectivity index (χ0) is 58.6. The summed E-state index contributed by atoms with van der Waals surface area (Å²) in [6, 6.07) is 59.8. The monoisotopic (exact) mass is 1040 g/mol. The minimum absolute atomic E-state index is 0.0232. The summed E-state index contributed by atoms with van der Waals surface area (Å²) in [6.07, 6.45) is 4.39. The molecule has 0 saturated carbocycles. The largest absolute Gasteiger partial charge is 0.311 e. The predicted octanol–water partition coefficient (Wildman–Crippen LogP) is 19.0. The minimum atomic E-state index is -2.41. The van der Waals surface area contributed by atoms with Gasteiger partial charge in [-0.05, 0) is 203 Å². The highest BCUT2D eigenvalue weighted by Crippen LogP contribution is 2.54. The fourth-order valence-electron chi connectivity index (χ4n) is 14.2. The fraction of sp³-hybridized carbons (Fsp3) is 0.368. The average Bonchev–Trinajstić information content (AvgIpc) is 0.841. The lowest BCUT2D eigenvalue weighted by atomic mass is 9.33. The molecule has 0 aromatic heterocycles. The maximum Gasteiger partial charge on any atom is 0.252 e. The Morgan fingerprint density at radius 2 is 0.937 bits per heavy atom. The highest BCUT2D eigenvalue weighted by atomic mass is 15.2. The molecule has 0 bridgehead atoms. The number of hydrogen-bond acceptors (Lipinski definition) is 2. The van der Waals surface area contributed by atoms with E-state index in [1.54, 1.807) is 0 Å². The normalized spacial score (nSPS) is 18.3. The maximum atomic E-state index is 9.40. The standard InChI is InChI=1S/C76H85BN2/c1-48-40-67-69-68(41-48)79(64-34-30-54(71(5,6)7)43-57(64)51-23-21-22-50(42-51)49-26-28-52(29-27-49)70(2,3)4)65-35-31-55(76(16,17)53-24-19-18-20-25-53)44-62(65)77(69)63-46-60-61(75(14,15)39-38-74(60,12)13)47-66(63)78(67)56-32-33-58-59(45-56)73(10,11)37-36-72(58,8)9/h18-35,40-47H,36-39H2,1-17H3/i1D3. The van der Waals surface area contributed by atoms with E-state index in [1.807, 2.05) is 12.1 Å². The van der Waals surface area contributed by atoms with Crippen LogP contribution in [0, 0.1) is 6.85 Å². The molecule has 0 fully saturated rings. The number of fused-ring (bicyclic) bond motifs is 6. The summed E-state index contributed by atoms with van der Waals surface area (Å²) < 4.78 is 28.2. The Morgan fingerprint density at radius 1 is 0.392 bits per heavy atom. The van der Waals surface area contributed by atoms with Crippen LogP contribution < -0.4 is 26.2 Å². The first-order chi connectivity index (χ1) is 38.3. The molecule has 0 spiro atoms. The van der Waals surface area contributed by atoms with Gasteiger partial charge in [-0.1, -0.05) is 214 Å². The Balaban J connectivity index is 1.20. The summed E-state index contributed by atoms with van der Waals surface area (Å²) in [7, 11) is 0. The number of nitrogens with zero attached hydrogens (tertiary/aromatic N) is 2. The molecule has 2 aliphatic heterocycles. The van der Waals surface area contributed by atoms with Crippen LogP contribution >= 0.6 is 0 Å². The van der Waals surface area contributed by atoms with Gasteiger partial charge in [0, 0.05) is 43.5 Å². The smallest absolute Gasteiger partial charge is 0.252 e. The highest BCUT2D eigenvalue weighted by Gasteiger charge is 2.48. The first-order valence-electron chi connectivity index (χ1n) is 30.9. The number of aryl methyl sites for hydroxylation is 1. The number of hydrogen-bond donors (Lipinski definition) is 0. The summed E-state index contributed by atoms with van der Waals surface area (Å²) in [6.45, 7) is 35.1. The van der Waals surface area contributed by atoms with Crippen molar-refractivity contribution in [3.63, 3.8) is 0 Å². The van der Waals surface area contributed by atoms with E-state index < -0.39 is 6.85 Å². The molecule has 3 heteroatoms. The van der Waals surface area contributed by atoms with E-state index in [0.29, 0.717) is 5.56 Å². The molecule has 0 saturated heterocycles. The molecule has 0 N–H and O–H groups in total. The summed E-state index contributed by atoms with van der Waals surface area (Å²) in [4.78, 5) is 4.95. The van der Waals surface area contributed by atoms with Crippen LogP contribution in [0.4, 0.5) is 34.1 Å². The third kappa shape index (κ3) is 8.74. The molecule has 79 heavy (non-hydrogen) atoms. The second-order valence-corrected chi connectivity index (χ2v) is 29.4. The molecule has 2 heterocycles. The number of anilines is 6. The van der Waals surface area contributed by atoms with Crippen LogP contribution in [0.5, 0.6) is 0 Å². The lowest BCUT2D eigenvalue weighted by Crippen LogP contribution is -2.62. The van der Waals surface area contributed by atoms with Crippen molar-refractivity contribution in [2.75, 3.05) is 9.80 Å². The molecular formula is C76H85BN2. The molecule has 0 unspecified atom stereocenters. The molecule has 0 amide bonds. The Morgan fingerprint density at radius 3 is 1.57 bits per heavy atom. The van der Waals surface area contributed by atoms with Crippen molar-refractivity contribution in [2.24, 2.45) is 0 Å². The third-order valence-corrected chi connectivity index (χ3v) is 19.7. The number of rotatable bonds is 6. The Labute approximate surface area is 480 Å². The predicted molar refractivity (Wildman–Crippen MR) is 343 cm³/mol. The van der Waals surface area contributed by atoms with Crippen molar-refractivity contribution in [1.82, 2.24) is 0 Å². The van der Waals surface area contributed by atoms with Gasteiger partial charge >= 0.3 is 0 Å². The van der Waals surface area contributed by atoms with Crippen LogP contribution in [-0.4, -0.2) is 6.71 Å². The van der Waals surface area contributed by atoms with Crippen molar-refractivity contribution in [3.8, 4) is 22.3 Å². The van der Waals surface area contributed by atoms with Gasteiger partial charge in [0.1, 0.15) is 0 Å². The lowest BCUT2D eigenvalue weighted by molar-refractivity contribution is 0.332. The minimum Gasteiger partial charge on any atom is -0.311 e. The molecule has 4 aliphatic rings. The summed E-state index contributed by atoms with van der Waals surface area (Å²) in [5, 5.41) is 0. The van der Waals surface area contributed by atoms with Crippen LogP contribution in [-0.2, 0) is 37.9 Å². The SMILES string of the molecule is [2H]C([2H])([2H])c1cc2c3c(c1)N(c1ccc(C(C)(C)C)cc1-c1cccc(-c4ccc(C(C)(C)C)cc4)c1)c1ccc(C(C)(C)c4ccccc4)cc1B3c1cc3c(cc1N2c1ccc2c(c1)C(C)(C)CCC2(C)C)C(C)(C)CCC3(C)C. The van der Waals surface area contributed by atoms with Crippen molar-refractivity contribution in [2.45, 2.75) is 181 Å². The van der Waals surface area contributed by atoms with Crippen molar-refractivity contribution >= 4 is 57.2 Å². The molecule has 8 aromatic carbocycles. The average molecular weight is 1040 g/mol. The molecule has 2 nitrogen and oxygen atoms in total. The molecule has 0 atom stereocenters. The van der Waals surface area contributed by atoms with E-state index in [4.69, 9.17) is 0 Å². The molecular weight excluding hydrogens is 952 g/mol. The number of benzene rings is 8. The molecule has 2 aliphatic carbocycles. The van der Waals surface area contributed by atoms with E-state index >= 15 is 0 Å².